The van der Waals surface area contributed by atoms with E-state index in [4.69, 9.17) is 17.0 Å². The van der Waals surface area contributed by atoms with Gasteiger partial charge in [0.2, 0.25) is 5.91 Å². The minimum atomic E-state index is -0.193. The van der Waals surface area contributed by atoms with Crippen molar-refractivity contribution in [1.29, 1.82) is 0 Å². The number of pyridine rings is 2. The summed E-state index contributed by atoms with van der Waals surface area (Å²) in [7, 11) is 1.59. The second-order valence-corrected chi connectivity index (χ2v) is 9.52. The van der Waals surface area contributed by atoms with Crippen LogP contribution in [0.1, 0.15) is 48.1 Å². The lowest BCUT2D eigenvalue weighted by molar-refractivity contribution is -0.115. The van der Waals surface area contributed by atoms with Gasteiger partial charge in [0.05, 0.1) is 30.6 Å². The zero-order valence-electron chi connectivity index (χ0n) is 21.8. The Morgan fingerprint density at radius 1 is 1.08 bits per heavy atom. The Labute approximate surface area is 227 Å². The van der Waals surface area contributed by atoms with Gasteiger partial charge in [-0.2, -0.15) is 0 Å². The molecule has 3 aromatic heterocycles. The summed E-state index contributed by atoms with van der Waals surface area (Å²) in [5.41, 5.74) is 5.61. The fraction of sp³-hybridized carbons (Fsp3) is 0.241. The summed E-state index contributed by atoms with van der Waals surface area (Å²) in [4.78, 5) is 23.4. The molecule has 5 rings (SSSR count). The van der Waals surface area contributed by atoms with Gasteiger partial charge in [-0.3, -0.25) is 9.78 Å². The normalized spacial score (nSPS) is 16.8. The van der Waals surface area contributed by atoms with Gasteiger partial charge in [-0.25, -0.2) is 4.98 Å². The Bertz CT molecular complexity index is 1470. The molecule has 2 atom stereocenters. The Morgan fingerprint density at radius 2 is 1.84 bits per heavy atom. The summed E-state index contributed by atoms with van der Waals surface area (Å²) in [5.74, 6) is 1.34. The number of aryl methyl sites for hydroxylation is 1. The molecule has 38 heavy (non-hydrogen) atoms. The van der Waals surface area contributed by atoms with Crippen LogP contribution in [0, 0.1) is 13.8 Å². The Balaban J connectivity index is 1.64. The van der Waals surface area contributed by atoms with Crippen molar-refractivity contribution in [3.63, 3.8) is 0 Å². The molecule has 9 heteroatoms. The average Bonchev–Trinajstić information content (AvgIpc) is 3.44. The highest BCUT2D eigenvalue weighted by atomic mass is 32.1. The van der Waals surface area contributed by atoms with E-state index in [2.05, 4.69) is 50.0 Å². The molecule has 0 spiro atoms. The van der Waals surface area contributed by atoms with Crippen LogP contribution < -0.4 is 20.3 Å². The van der Waals surface area contributed by atoms with E-state index in [1.165, 1.54) is 0 Å². The maximum absolute atomic E-state index is 12.0. The van der Waals surface area contributed by atoms with E-state index in [-0.39, 0.29) is 18.0 Å². The second kappa shape index (κ2) is 10.6. The number of ether oxygens (including phenoxy) is 1. The highest BCUT2D eigenvalue weighted by Gasteiger charge is 2.42. The number of rotatable bonds is 7. The molecule has 1 amide bonds. The van der Waals surface area contributed by atoms with E-state index >= 15 is 0 Å². The van der Waals surface area contributed by atoms with Crippen LogP contribution in [0.5, 0.6) is 5.75 Å². The molecule has 1 saturated heterocycles. The first-order chi connectivity index (χ1) is 18.4. The van der Waals surface area contributed by atoms with Crippen LogP contribution in [0.3, 0.4) is 0 Å². The summed E-state index contributed by atoms with van der Waals surface area (Å²) in [6.45, 7) is 6.00. The van der Waals surface area contributed by atoms with E-state index in [1.54, 1.807) is 19.5 Å². The van der Waals surface area contributed by atoms with Crippen molar-refractivity contribution in [2.75, 3.05) is 17.3 Å². The van der Waals surface area contributed by atoms with Gasteiger partial charge in [-0.15, -0.1) is 0 Å². The van der Waals surface area contributed by atoms with Crippen LogP contribution in [0.2, 0.25) is 0 Å². The third kappa shape index (κ3) is 4.61. The molecule has 0 bridgehead atoms. The van der Waals surface area contributed by atoms with Crippen LogP contribution in [0.15, 0.2) is 73.1 Å². The minimum Gasteiger partial charge on any atom is -0.494 e. The van der Waals surface area contributed by atoms with Crippen molar-refractivity contribution in [2.45, 2.75) is 39.3 Å². The van der Waals surface area contributed by atoms with Crippen LogP contribution in [-0.2, 0) is 4.79 Å². The molecule has 2 N–H and O–H groups in total. The highest BCUT2D eigenvalue weighted by molar-refractivity contribution is 7.80. The maximum atomic E-state index is 12.0. The molecule has 0 aliphatic carbocycles. The first kappa shape index (κ1) is 25.4. The number of nitrogens with zero attached hydrogens (tertiary/aromatic N) is 4. The van der Waals surface area contributed by atoms with E-state index in [0.29, 0.717) is 23.0 Å². The molecule has 4 heterocycles. The molecular weight excluding hydrogens is 496 g/mol. The lowest BCUT2D eigenvalue weighted by Gasteiger charge is -2.28. The van der Waals surface area contributed by atoms with Gasteiger partial charge in [-0.05, 0) is 74.1 Å². The quantitative estimate of drug-likeness (QED) is 0.311. The molecule has 1 aromatic carbocycles. The van der Waals surface area contributed by atoms with Crippen molar-refractivity contribution >= 4 is 34.6 Å². The zero-order chi connectivity index (χ0) is 26.8. The molecule has 194 valence electrons. The van der Waals surface area contributed by atoms with Gasteiger partial charge in [0, 0.05) is 42.0 Å². The first-order valence-electron chi connectivity index (χ1n) is 12.5. The number of anilines is 2. The van der Waals surface area contributed by atoms with Crippen molar-refractivity contribution < 1.29 is 9.53 Å². The van der Waals surface area contributed by atoms with Crippen LogP contribution >= 0.6 is 12.2 Å². The number of benzene rings is 1. The second-order valence-electron chi connectivity index (χ2n) is 9.13. The average molecular weight is 527 g/mol. The Morgan fingerprint density at radius 3 is 2.50 bits per heavy atom. The minimum absolute atomic E-state index is 0.0792. The molecule has 0 saturated carbocycles. The zero-order valence-corrected chi connectivity index (χ0v) is 22.6. The number of methoxy groups -OCH3 is 1. The number of carbonyl (C=O) groups excluding carboxylic acids is 1. The number of thiocarbonyl (C=S) groups is 1. The number of aromatic nitrogens is 3. The molecule has 0 unspecified atom stereocenters. The monoisotopic (exact) mass is 526 g/mol. The smallest absolute Gasteiger partial charge is 0.224 e. The molecule has 8 nitrogen and oxygen atoms in total. The van der Waals surface area contributed by atoms with Gasteiger partial charge in [0.25, 0.3) is 0 Å². The summed E-state index contributed by atoms with van der Waals surface area (Å²) >= 11 is 5.91. The van der Waals surface area contributed by atoms with Crippen LogP contribution in [0.25, 0.3) is 5.82 Å². The SMILES string of the molecule is CCC(=O)Nc1ccc(N2C(=S)N[C@@H](c3ccccn3)[C@H]2c2cc(C)n(-c3ccccn3)c2C)cc1OC. The molecule has 1 aliphatic rings. The topological polar surface area (TPSA) is 84.3 Å². The summed E-state index contributed by atoms with van der Waals surface area (Å²) < 4.78 is 7.81. The summed E-state index contributed by atoms with van der Waals surface area (Å²) in [6, 6.07) is 19.3. The van der Waals surface area contributed by atoms with Gasteiger partial charge in [0.1, 0.15) is 11.6 Å². The standard InChI is InChI=1S/C29H30N6O2S/c1-5-26(36)32-22-13-12-20(17-24(22)37-4)35-28(27(33-29(35)38)23-10-6-8-14-30-23)21-16-18(2)34(19(21)3)25-11-7-9-15-31-25/h6-17,27-28H,5H2,1-4H3,(H,32,36)(H,33,38)/t27-,28+/m0/s1. The predicted octanol–water partition coefficient (Wildman–Crippen LogP) is 5.42. The Kier molecular flexibility index (Phi) is 7.11. The van der Waals surface area contributed by atoms with E-state index < -0.39 is 0 Å². The maximum Gasteiger partial charge on any atom is 0.224 e. The Hall–Kier alpha value is -4.24. The third-order valence-corrected chi connectivity index (χ3v) is 7.14. The van der Waals surface area contributed by atoms with E-state index in [9.17, 15) is 4.79 Å². The van der Waals surface area contributed by atoms with E-state index in [0.717, 1.165) is 34.2 Å². The number of hydrogen-bond acceptors (Lipinski definition) is 5. The third-order valence-electron chi connectivity index (χ3n) is 6.82. The van der Waals surface area contributed by atoms with Gasteiger partial charge < -0.3 is 24.8 Å². The largest absolute Gasteiger partial charge is 0.494 e. The summed E-state index contributed by atoms with van der Waals surface area (Å²) in [5, 5.41) is 7.00. The number of carbonyl (C=O) groups is 1. The van der Waals surface area contributed by atoms with Crippen molar-refractivity contribution in [3.8, 4) is 11.6 Å². The highest BCUT2D eigenvalue weighted by Crippen LogP contribution is 2.45. The lowest BCUT2D eigenvalue weighted by atomic mass is 9.96. The molecule has 0 radical (unpaired) electrons. The molecule has 1 aliphatic heterocycles. The molecular formula is C29H30N6O2S. The first-order valence-corrected chi connectivity index (χ1v) is 12.9. The van der Waals surface area contributed by atoms with Gasteiger partial charge in [-0.1, -0.05) is 19.1 Å². The fourth-order valence-electron chi connectivity index (χ4n) is 5.05. The molecule has 1 fully saturated rings. The van der Waals surface area contributed by atoms with Crippen molar-refractivity contribution in [1.82, 2.24) is 19.9 Å². The summed E-state index contributed by atoms with van der Waals surface area (Å²) in [6.07, 6.45) is 3.98. The van der Waals surface area contributed by atoms with Crippen molar-refractivity contribution in [2.24, 2.45) is 0 Å². The fourth-order valence-corrected chi connectivity index (χ4v) is 5.39. The molecule has 4 aromatic rings. The van der Waals surface area contributed by atoms with Gasteiger partial charge in [0.15, 0.2) is 5.11 Å². The predicted molar refractivity (Wildman–Crippen MR) is 153 cm³/mol. The van der Waals surface area contributed by atoms with Crippen molar-refractivity contribution in [3.05, 3.63) is 95.7 Å². The number of nitrogens with one attached hydrogen (secondary N) is 2. The van der Waals surface area contributed by atoms with Crippen LogP contribution in [-0.4, -0.2) is 32.7 Å². The number of hydrogen-bond donors (Lipinski definition) is 2. The van der Waals surface area contributed by atoms with Crippen LogP contribution in [0.4, 0.5) is 11.4 Å². The lowest BCUT2D eigenvalue weighted by Crippen LogP contribution is -2.29. The number of amides is 1. The van der Waals surface area contributed by atoms with E-state index in [1.807, 2.05) is 61.5 Å². The van der Waals surface area contributed by atoms with Gasteiger partial charge >= 0.3 is 0 Å².